The molecule has 194 valence electrons. The van der Waals surface area contributed by atoms with Gasteiger partial charge >= 0.3 is 0 Å². The molecule has 1 fully saturated rings. The van der Waals surface area contributed by atoms with Crippen molar-refractivity contribution in [1.82, 2.24) is 4.90 Å². The van der Waals surface area contributed by atoms with E-state index in [1.807, 2.05) is 0 Å². The predicted octanol–water partition coefficient (Wildman–Crippen LogP) is 0.891. The molecular weight excluding hydrogens is 473 g/mol. The molecule has 6 N–H and O–H groups in total. The number of phenolic OH excluding ortho intramolecular Hbond substituents is 1. The number of nitrogens with zero attached hydrogens (tertiary/aromatic N) is 2. The van der Waals surface area contributed by atoms with Crippen molar-refractivity contribution in [2.75, 3.05) is 39.3 Å². The molecule has 1 amide bonds. The number of fused-ring (bicyclic) bond motifs is 3. The minimum absolute atomic E-state index is 0.0250. The van der Waals surface area contributed by atoms with Gasteiger partial charge in [0, 0.05) is 56.3 Å². The van der Waals surface area contributed by atoms with Crippen LogP contribution in [0.5, 0.6) is 5.75 Å². The fourth-order valence-electron chi connectivity index (χ4n) is 5.76. The zero-order chi connectivity index (χ0) is 26.7. The Labute approximate surface area is 207 Å². The summed E-state index contributed by atoms with van der Waals surface area (Å²) in [5, 5.41) is 44.5. The molecule has 0 unspecified atom stereocenters. The molecule has 0 spiro atoms. The van der Waals surface area contributed by atoms with Crippen LogP contribution in [0.4, 0.5) is 10.1 Å². The summed E-state index contributed by atoms with van der Waals surface area (Å²) in [6.45, 7) is -0.285. The Kier molecular flexibility index (Phi) is 6.34. The molecule has 0 radical (unpaired) electrons. The van der Waals surface area contributed by atoms with Gasteiger partial charge in [0.05, 0.1) is 5.56 Å². The van der Waals surface area contributed by atoms with E-state index in [-0.39, 0.29) is 49.2 Å². The highest BCUT2D eigenvalue weighted by molar-refractivity contribution is 6.22. The highest BCUT2D eigenvalue weighted by atomic mass is 19.1. The first-order valence-corrected chi connectivity index (χ1v) is 11.6. The Morgan fingerprint density at radius 2 is 1.86 bits per heavy atom. The number of nitrogens with two attached hydrogens (primary N) is 1. The molecule has 0 heterocycles. The summed E-state index contributed by atoms with van der Waals surface area (Å²) in [6.07, 6.45) is -0.0821. The standard InChI is InChI=1S/C25H30FN3O7/c1-28(2)15-8-12(10-29(3)5-4-26)20(31)18-14(15)7-11-6-13-9-16(30)19(24(27)35)23(34)25(13,36)22(33)17(11)21(18)32/h8,11,13,31-32,34,36H,4-7,9-10H2,1-3H3,(H2,27,35)/t11-,13+,25+/m1/s1. The zero-order valence-electron chi connectivity index (χ0n) is 20.3. The maximum Gasteiger partial charge on any atom is 0.255 e. The molecule has 3 aliphatic carbocycles. The molecule has 1 aromatic rings. The third-order valence-corrected chi connectivity index (χ3v) is 7.51. The number of aliphatic hydroxyl groups excluding tert-OH is 2. The highest BCUT2D eigenvalue weighted by Crippen LogP contribution is 2.53. The number of rotatable bonds is 6. The lowest BCUT2D eigenvalue weighted by molar-refractivity contribution is -0.147. The predicted molar refractivity (Wildman–Crippen MR) is 128 cm³/mol. The molecule has 3 atom stereocenters. The van der Waals surface area contributed by atoms with Gasteiger partial charge in [-0.2, -0.15) is 0 Å². The van der Waals surface area contributed by atoms with Gasteiger partial charge in [-0.05, 0) is 37.4 Å². The molecule has 0 aliphatic heterocycles. The first kappa shape index (κ1) is 25.6. The van der Waals surface area contributed by atoms with Crippen molar-refractivity contribution in [2.24, 2.45) is 17.6 Å². The van der Waals surface area contributed by atoms with Gasteiger partial charge in [0.15, 0.2) is 11.4 Å². The number of phenols is 1. The number of hydrogen-bond acceptors (Lipinski definition) is 9. The van der Waals surface area contributed by atoms with Crippen molar-refractivity contribution in [3.05, 3.63) is 39.7 Å². The van der Waals surface area contributed by atoms with Gasteiger partial charge in [-0.3, -0.25) is 19.3 Å². The summed E-state index contributed by atoms with van der Waals surface area (Å²) in [7, 11) is 5.26. The second-order valence-corrected chi connectivity index (χ2v) is 9.98. The number of alkyl halides is 1. The Balaban J connectivity index is 1.91. The van der Waals surface area contributed by atoms with E-state index in [0.717, 1.165) is 0 Å². The molecule has 0 aromatic heterocycles. The van der Waals surface area contributed by atoms with Crippen LogP contribution in [-0.4, -0.2) is 82.8 Å². The minimum atomic E-state index is -2.60. The number of aliphatic hydroxyl groups is 3. The minimum Gasteiger partial charge on any atom is -0.508 e. The van der Waals surface area contributed by atoms with Gasteiger partial charge < -0.3 is 31.1 Å². The Hall–Kier alpha value is -3.44. The second kappa shape index (κ2) is 8.90. The maximum atomic E-state index is 13.6. The van der Waals surface area contributed by atoms with Crippen molar-refractivity contribution in [3.8, 4) is 5.75 Å². The van der Waals surface area contributed by atoms with Gasteiger partial charge in [0.25, 0.3) is 5.91 Å². The fraction of sp³-hybridized carbons (Fsp3) is 0.480. The number of hydrogen-bond donors (Lipinski definition) is 5. The van der Waals surface area contributed by atoms with Crippen LogP contribution in [0.15, 0.2) is 23.0 Å². The average molecular weight is 504 g/mol. The van der Waals surface area contributed by atoms with E-state index in [1.165, 1.54) is 0 Å². The first-order valence-electron chi connectivity index (χ1n) is 11.6. The van der Waals surface area contributed by atoms with Crippen LogP contribution in [0, 0.1) is 11.8 Å². The van der Waals surface area contributed by atoms with Crippen LogP contribution < -0.4 is 10.6 Å². The summed E-state index contributed by atoms with van der Waals surface area (Å²) < 4.78 is 12.8. The van der Waals surface area contributed by atoms with Gasteiger partial charge in [0.1, 0.15) is 29.5 Å². The van der Waals surface area contributed by atoms with Crippen LogP contribution in [0.25, 0.3) is 5.76 Å². The number of halogens is 1. The molecule has 3 aliphatic rings. The van der Waals surface area contributed by atoms with E-state index >= 15 is 0 Å². The van der Waals surface area contributed by atoms with Gasteiger partial charge in [0.2, 0.25) is 5.78 Å². The van der Waals surface area contributed by atoms with Gasteiger partial charge in [-0.25, -0.2) is 4.39 Å². The lowest BCUT2D eigenvalue weighted by Crippen LogP contribution is -2.58. The fourth-order valence-corrected chi connectivity index (χ4v) is 5.76. The third-order valence-electron chi connectivity index (χ3n) is 7.51. The number of aromatic hydroxyl groups is 1. The number of carbonyl (C=O) groups excluding carboxylic acids is 3. The van der Waals surface area contributed by atoms with E-state index in [0.29, 0.717) is 16.8 Å². The molecule has 36 heavy (non-hydrogen) atoms. The SMILES string of the molecule is CN(CCF)Cc1cc(N(C)C)c2c(c1O)C(O)=C1C(=O)[C@]3(O)C(O)=C(C(N)=O)C(=O)C[C@@H]3C[C@@H]1C2. The maximum absolute atomic E-state index is 13.6. The van der Waals surface area contributed by atoms with Crippen molar-refractivity contribution in [1.29, 1.82) is 0 Å². The molecule has 0 saturated heterocycles. The summed E-state index contributed by atoms with van der Waals surface area (Å²) in [5.74, 6) is -6.61. The molecule has 0 bridgehead atoms. The Morgan fingerprint density at radius 1 is 1.19 bits per heavy atom. The van der Waals surface area contributed by atoms with Gasteiger partial charge in [-0.15, -0.1) is 0 Å². The topological polar surface area (TPSA) is 165 Å². The smallest absolute Gasteiger partial charge is 0.255 e. The molecule has 4 rings (SSSR count). The number of anilines is 1. The van der Waals surface area contributed by atoms with E-state index in [4.69, 9.17) is 5.73 Å². The monoisotopic (exact) mass is 503 g/mol. The quantitative estimate of drug-likeness (QED) is 0.355. The summed E-state index contributed by atoms with van der Waals surface area (Å²) >= 11 is 0. The largest absolute Gasteiger partial charge is 0.508 e. The summed E-state index contributed by atoms with van der Waals surface area (Å²) in [4.78, 5) is 41.3. The van der Waals surface area contributed by atoms with E-state index in [9.17, 15) is 39.2 Å². The molecule has 11 heteroatoms. The first-order chi connectivity index (χ1) is 16.8. The molecule has 10 nitrogen and oxygen atoms in total. The number of benzene rings is 1. The lowest BCUT2D eigenvalue weighted by Gasteiger charge is -2.46. The van der Waals surface area contributed by atoms with Crippen LogP contribution in [-0.2, 0) is 27.3 Å². The number of amides is 1. The Morgan fingerprint density at radius 3 is 2.44 bits per heavy atom. The summed E-state index contributed by atoms with van der Waals surface area (Å²) in [5.41, 5.74) is 3.28. The van der Waals surface area contributed by atoms with Crippen LogP contribution in [0.1, 0.15) is 29.5 Å². The van der Waals surface area contributed by atoms with Crippen molar-refractivity contribution >= 4 is 28.9 Å². The lowest BCUT2D eigenvalue weighted by atomic mass is 9.59. The highest BCUT2D eigenvalue weighted by Gasteiger charge is 2.60. The van der Waals surface area contributed by atoms with Gasteiger partial charge in [-0.1, -0.05) is 0 Å². The van der Waals surface area contributed by atoms with Crippen LogP contribution >= 0.6 is 0 Å². The van der Waals surface area contributed by atoms with Crippen LogP contribution in [0.3, 0.4) is 0 Å². The van der Waals surface area contributed by atoms with Crippen LogP contribution in [0.2, 0.25) is 0 Å². The number of carbonyl (C=O) groups is 3. The number of ketones is 2. The average Bonchev–Trinajstić information content (AvgIpc) is 2.77. The normalized spacial score (nSPS) is 25.6. The zero-order valence-corrected chi connectivity index (χ0v) is 20.3. The second-order valence-electron chi connectivity index (χ2n) is 9.98. The number of primary amides is 1. The van der Waals surface area contributed by atoms with E-state index in [2.05, 4.69) is 0 Å². The van der Waals surface area contributed by atoms with Crippen molar-refractivity contribution < 1.29 is 39.2 Å². The summed E-state index contributed by atoms with van der Waals surface area (Å²) in [6, 6.07) is 1.75. The van der Waals surface area contributed by atoms with Crippen molar-refractivity contribution in [3.63, 3.8) is 0 Å². The van der Waals surface area contributed by atoms with E-state index < -0.39 is 58.7 Å². The third kappa shape index (κ3) is 3.65. The Bertz CT molecular complexity index is 1240. The molecule has 1 aromatic carbocycles. The van der Waals surface area contributed by atoms with Crippen molar-refractivity contribution in [2.45, 2.75) is 31.4 Å². The number of Topliss-reactive ketones (excluding diaryl/α,β-unsaturated/α-hetero) is 2. The molecule has 1 saturated carbocycles. The molecular formula is C25H30FN3O7. The van der Waals surface area contributed by atoms with E-state index in [1.54, 1.807) is 37.0 Å².